The molecule has 1 atom stereocenters. The van der Waals surface area contributed by atoms with Gasteiger partial charge < -0.3 is 15.5 Å². The zero-order valence-electron chi connectivity index (χ0n) is 20.7. The summed E-state index contributed by atoms with van der Waals surface area (Å²) in [4.78, 5) is 10.7. The molecule has 0 spiro atoms. The molecule has 0 heterocycles. The highest BCUT2D eigenvalue weighted by atomic mass is 35.5. The fraction of sp³-hybridized carbons (Fsp3) is 0.500. The molecule has 0 saturated heterocycles. The topological polar surface area (TPSA) is 107 Å². The summed E-state index contributed by atoms with van der Waals surface area (Å²) in [5, 5.41) is 22.9. The van der Waals surface area contributed by atoms with E-state index < -0.39 is 22.1 Å². The second kappa shape index (κ2) is 13.4. The Kier molecular flexibility index (Phi) is 11.2. The van der Waals surface area contributed by atoms with Crippen LogP contribution in [0.4, 0.5) is 0 Å². The Bertz CT molecular complexity index is 1060. The Hall–Kier alpha value is -1.97. The van der Waals surface area contributed by atoms with Crippen LogP contribution in [0.3, 0.4) is 0 Å². The SMILES string of the molecule is CN(C[C@H](O)CNC(C)(C)CCCc1ccccc1)S(=O)(=O)c1ccc(CCCC(=O)O)c(Cl)c1. The van der Waals surface area contributed by atoms with Crippen LogP contribution in [0.25, 0.3) is 0 Å². The highest BCUT2D eigenvalue weighted by molar-refractivity contribution is 7.89. The summed E-state index contributed by atoms with van der Waals surface area (Å²) in [6.45, 7) is 4.35. The van der Waals surface area contributed by atoms with Gasteiger partial charge in [-0.3, -0.25) is 4.79 Å². The molecule has 0 radical (unpaired) electrons. The second-order valence-corrected chi connectivity index (χ2v) is 12.0. The van der Waals surface area contributed by atoms with Crippen LogP contribution >= 0.6 is 11.6 Å². The van der Waals surface area contributed by atoms with Gasteiger partial charge in [-0.2, -0.15) is 4.31 Å². The molecule has 7 nitrogen and oxygen atoms in total. The zero-order chi connectivity index (χ0) is 26.1. The molecule has 0 aliphatic rings. The van der Waals surface area contributed by atoms with Crippen molar-refractivity contribution in [3.63, 3.8) is 0 Å². The van der Waals surface area contributed by atoms with E-state index in [9.17, 15) is 18.3 Å². The van der Waals surface area contributed by atoms with Crippen molar-refractivity contribution in [2.75, 3.05) is 20.1 Å². The summed E-state index contributed by atoms with van der Waals surface area (Å²) < 4.78 is 27.1. The number of nitrogens with zero attached hydrogens (tertiary/aromatic N) is 1. The molecule has 2 aromatic rings. The lowest BCUT2D eigenvalue weighted by atomic mass is 9.95. The number of aliphatic hydroxyl groups excluding tert-OH is 1. The van der Waals surface area contributed by atoms with Crippen molar-refractivity contribution < 1.29 is 23.4 Å². The minimum Gasteiger partial charge on any atom is -0.481 e. The smallest absolute Gasteiger partial charge is 0.303 e. The average molecular weight is 525 g/mol. The van der Waals surface area contributed by atoms with Crippen molar-refractivity contribution in [2.24, 2.45) is 0 Å². The quantitative estimate of drug-likeness (QED) is 0.323. The Morgan fingerprint density at radius 1 is 1.11 bits per heavy atom. The number of carboxylic acid groups (broad SMARTS) is 1. The van der Waals surface area contributed by atoms with Gasteiger partial charge >= 0.3 is 5.97 Å². The number of nitrogens with one attached hydrogen (secondary N) is 1. The van der Waals surface area contributed by atoms with Crippen LogP contribution in [-0.2, 0) is 27.7 Å². The molecule has 2 rings (SSSR count). The van der Waals surface area contributed by atoms with E-state index in [1.54, 1.807) is 6.07 Å². The van der Waals surface area contributed by atoms with Gasteiger partial charge in [0.25, 0.3) is 0 Å². The number of likely N-dealkylation sites (N-methyl/N-ethyl adjacent to an activating group) is 1. The standard InChI is InChI=1S/C26H37ClN2O5S/c1-26(2,16-8-11-20-9-5-4-6-10-20)28-18-22(30)19-29(3)35(33,34)23-15-14-21(24(27)17-23)12-7-13-25(31)32/h4-6,9-10,14-15,17,22,28,30H,7-8,11-13,16,18-19H2,1-3H3,(H,31,32)/t22-/m1/s1. The van der Waals surface area contributed by atoms with E-state index in [2.05, 4.69) is 31.3 Å². The largest absolute Gasteiger partial charge is 0.481 e. The van der Waals surface area contributed by atoms with E-state index >= 15 is 0 Å². The Balaban J connectivity index is 1.85. The maximum atomic E-state index is 13.0. The van der Waals surface area contributed by atoms with Crippen LogP contribution in [-0.4, -0.2) is 60.7 Å². The first-order chi connectivity index (χ1) is 16.4. The number of aryl methyl sites for hydroxylation is 2. The molecular formula is C26H37ClN2O5S. The molecule has 2 aromatic carbocycles. The Morgan fingerprint density at radius 2 is 1.80 bits per heavy atom. The molecule has 0 bridgehead atoms. The van der Waals surface area contributed by atoms with Crippen molar-refractivity contribution in [1.82, 2.24) is 9.62 Å². The number of β-amino-alcohol motifs (C(OH)–C–C–N with tert-alkyl or cyclic N) is 1. The van der Waals surface area contributed by atoms with Gasteiger partial charge in [-0.1, -0.05) is 48.0 Å². The van der Waals surface area contributed by atoms with E-state index in [1.165, 1.54) is 24.7 Å². The molecule has 0 saturated carbocycles. The van der Waals surface area contributed by atoms with Gasteiger partial charge in [0.05, 0.1) is 11.0 Å². The Labute approximate surface area is 214 Å². The maximum absolute atomic E-state index is 13.0. The molecule has 194 valence electrons. The highest BCUT2D eigenvalue weighted by Crippen LogP contribution is 2.24. The van der Waals surface area contributed by atoms with Crippen molar-refractivity contribution >= 4 is 27.6 Å². The first-order valence-electron chi connectivity index (χ1n) is 11.8. The predicted molar refractivity (Wildman–Crippen MR) is 139 cm³/mol. The van der Waals surface area contributed by atoms with Crippen molar-refractivity contribution in [2.45, 2.75) is 68.9 Å². The second-order valence-electron chi connectivity index (χ2n) is 9.54. The number of carbonyl (C=O) groups is 1. The van der Waals surface area contributed by atoms with Crippen molar-refractivity contribution in [3.8, 4) is 0 Å². The van der Waals surface area contributed by atoms with E-state index in [-0.39, 0.29) is 35.0 Å². The van der Waals surface area contributed by atoms with E-state index in [0.717, 1.165) is 23.6 Å². The van der Waals surface area contributed by atoms with E-state index in [4.69, 9.17) is 16.7 Å². The van der Waals surface area contributed by atoms with Crippen molar-refractivity contribution in [1.29, 1.82) is 0 Å². The number of aliphatic carboxylic acids is 1. The molecule has 0 amide bonds. The minimum atomic E-state index is -3.84. The van der Waals surface area contributed by atoms with Crippen LogP contribution in [0.15, 0.2) is 53.4 Å². The number of sulfonamides is 1. The summed E-state index contributed by atoms with van der Waals surface area (Å²) >= 11 is 6.25. The zero-order valence-corrected chi connectivity index (χ0v) is 22.3. The van der Waals surface area contributed by atoms with Crippen LogP contribution in [0, 0.1) is 0 Å². The number of halogens is 1. The fourth-order valence-electron chi connectivity index (χ4n) is 3.82. The number of hydrogen-bond donors (Lipinski definition) is 3. The van der Waals surface area contributed by atoms with Crippen LogP contribution in [0.1, 0.15) is 50.7 Å². The number of aliphatic hydroxyl groups is 1. The summed E-state index contributed by atoms with van der Waals surface area (Å²) in [6.07, 6.45) is 2.91. The fourth-order valence-corrected chi connectivity index (χ4v) is 5.40. The lowest BCUT2D eigenvalue weighted by Gasteiger charge is -2.29. The number of benzene rings is 2. The summed E-state index contributed by atoms with van der Waals surface area (Å²) in [6, 6.07) is 14.7. The summed E-state index contributed by atoms with van der Waals surface area (Å²) in [7, 11) is -2.41. The van der Waals surface area contributed by atoms with Gasteiger partial charge in [0.1, 0.15) is 0 Å². The van der Waals surface area contributed by atoms with Crippen LogP contribution in [0.2, 0.25) is 5.02 Å². The molecular weight excluding hydrogens is 488 g/mol. The average Bonchev–Trinajstić information content (AvgIpc) is 2.79. The van der Waals surface area contributed by atoms with Crippen molar-refractivity contribution in [3.05, 3.63) is 64.7 Å². The number of rotatable bonds is 15. The molecule has 0 aliphatic carbocycles. The minimum absolute atomic E-state index is 0.0227. The monoisotopic (exact) mass is 524 g/mol. The van der Waals surface area contributed by atoms with Crippen LogP contribution < -0.4 is 5.32 Å². The first kappa shape index (κ1) is 29.3. The van der Waals surface area contributed by atoms with Gasteiger partial charge in [0, 0.05) is 37.1 Å². The first-order valence-corrected chi connectivity index (χ1v) is 13.7. The lowest BCUT2D eigenvalue weighted by Crippen LogP contribution is -2.46. The molecule has 0 aromatic heterocycles. The Morgan fingerprint density at radius 3 is 2.43 bits per heavy atom. The van der Waals surface area contributed by atoms with Crippen LogP contribution in [0.5, 0.6) is 0 Å². The summed E-state index contributed by atoms with van der Waals surface area (Å²) in [5.74, 6) is -0.884. The molecule has 0 aliphatic heterocycles. The third kappa shape index (κ3) is 9.89. The highest BCUT2D eigenvalue weighted by Gasteiger charge is 2.25. The normalized spacial score (nSPS) is 13.2. The van der Waals surface area contributed by atoms with Gasteiger partial charge in [0.15, 0.2) is 0 Å². The molecule has 9 heteroatoms. The maximum Gasteiger partial charge on any atom is 0.303 e. The molecule has 35 heavy (non-hydrogen) atoms. The lowest BCUT2D eigenvalue weighted by molar-refractivity contribution is -0.137. The van der Waals surface area contributed by atoms with Gasteiger partial charge in [0.2, 0.25) is 10.0 Å². The van der Waals surface area contributed by atoms with Gasteiger partial charge in [-0.15, -0.1) is 0 Å². The van der Waals surface area contributed by atoms with E-state index in [1.807, 2.05) is 18.2 Å². The van der Waals surface area contributed by atoms with Gasteiger partial charge in [-0.05, 0) is 69.2 Å². The third-order valence-electron chi connectivity index (χ3n) is 5.96. The number of hydrogen-bond acceptors (Lipinski definition) is 5. The van der Waals surface area contributed by atoms with Gasteiger partial charge in [-0.25, -0.2) is 8.42 Å². The molecule has 0 unspecified atom stereocenters. The predicted octanol–water partition coefficient (Wildman–Crippen LogP) is 4.12. The summed E-state index contributed by atoms with van der Waals surface area (Å²) in [5.41, 5.74) is 1.80. The van der Waals surface area contributed by atoms with E-state index in [0.29, 0.717) is 18.4 Å². The molecule has 0 fully saturated rings. The number of carboxylic acids is 1. The third-order valence-corrected chi connectivity index (χ3v) is 8.13. The molecule has 3 N–H and O–H groups in total.